The quantitative estimate of drug-likeness (QED) is 0.335. The molecule has 5 aromatic rings. The number of pyridine rings is 2. The normalized spacial score (nSPS) is 10.6. The fraction of sp³-hybridized carbons (Fsp3) is 0.0370. The first-order valence-corrected chi connectivity index (χ1v) is 10.7. The molecule has 34 heavy (non-hydrogen) atoms. The van der Waals surface area contributed by atoms with E-state index in [4.69, 9.17) is 4.42 Å². The Hall–Kier alpha value is -4.78. The second-order valence-corrected chi connectivity index (χ2v) is 7.63. The van der Waals surface area contributed by atoms with Crippen LogP contribution in [0.15, 0.2) is 108 Å². The van der Waals surface area contributed by atoms with Crippen LogP contribution in [-0.4, -0.2) is 20.9 Å². The Morgan fingerprint density at radius 1 is 0.882 bits per heavy atom. The number of carbonyl (C=O) groups excluding carboxylic acids is 1. The number of nitrogens with one attached hydrogen (secondary N) is 1. The molecule has 1 amide bonds. The maximum absolute atomic E-state index is 12.7. The van der Waals surface area contributed by atoms with Crippen molar-refractivity contribution >= 4 is 29.0 Å². The van der Waals surface area contributed by atoms with Crippen molar-refractivity contribution in [3.8, 4) is 11.1 Å². The molecule has 0 unspecified atom stereocenters. The molecule has 0 aliphatic rings. The van der Waals surface area contributed by atoms with E-state index in [2.05, 4.69) is 26.3 Å². The third kappa shape index (κ3) is 4.40. The average Bonchev–Trinajstić information content (AvgIpc) is 3.42. The minimum atomic E-state index is -0.210. The van der Waals surface area contributed by atoms with Crippen LogP contribution in [0.4, 0.5) is 23.1 Å². The maximum atomic E-state index is 12.7. The van der Waals surface area contributed by atoms with E-state index < -0.39 is 0 Å². The van der Waals surface area contributed by atoms with Crippen LogP contribution in [0.25, 0.3) is 11.1 Å². The number of anilines is 4. The van der Waals surface area contributed by atoms with Gasteiger partial charge in [0.1, 0.15) is 6.26 Å². The topological polar surface area (TPSA) is 84.2 Å². The molecule has 0 atom stereocenters. The highest BCUT2D eigenvalue weighted by Gasteiger charge is 2.20. The summed E-state index contributed by atoms with van der Waals surface area (Å²) in [5.74, 6) is -0.210. The van der Waals surface area contributed by atoms with Crippen molar-refractivity contribution in [3.05, 3.63) is 115 Å². The molecule has 0 bridgehead atoms. The zero-order valence-corrected chi connectivity index (χ0v) is 18.4. The highest BCUT2D eigenvalue weighted by Crippen LogP contribution is 2.38. The molecule has 7 heteroatoms. The zero-order valence-electron chi connectivity index (χ0n) is 18.4. The van der Waals surface area contributed by atoms with Gasteiger partial charge in [-0.1, -0.05) is 24.3 Å². The van der Waals surface area contributed by atoms with E-state index in [1.807, 2.05) is 66.6 Å². The summed E-state index contributed by atoms with van der Waals surface area (Å²) >= 11 is 0. The van der Waals surface area contributed by atoms with Crippen molar-refractivity contribution in [2.75, 3.05) is 10.2 Å². The fourth-order valence-electron chi connectivity index (χ4n) is 3.67. The summed E-state index contributed by atoms with van der Waals surface area (Å²) in [6.07, 6.45) is 9.91. The Balaban J connectivity index is 1.55. The minimum Gasteiger partial charge on any atom is -0.432 e. The number of rotatable bonds is 6. The highest BCUT2D eigenvalue weighted by atomic mass is 16.4. The molecule has 3 aromatic heterocycles. The minimum absolute atomic E-state index is 0.210. The molecule has 0 saturated carbocycles. The van der Waals surface area contributed by atoms with E-state index in [1.54, 1.807) is 36.9 Å². The summed E-state index contributed by atoms with van der Waals surface area (Å²) in [7, 11) is 0. The lowest BCUT2D eigenvalue weighted by Crippen LogP contribution is -2.14. The van der Waals surface area contributed by atoms with Crippen molar-refractivity contribution in [3.63, 3.8) is 0 Å². The van der Waals surface area contributed by atoms with Crippen LogP contribution in [0.2, 0.25) is 0 Å². The first kappa shape index (κ1) is 21.1. The van der Waals surface area contributed by atoms with Gasteiger partial charge in [0, 0.05) is 41.6 Å². The lowest BCUT2D eigenvalue weighted by Gasteiger charge is -2.24. The molecule has 166 valence electrons. The van der Waals surface area contributed by atoms with E-state index in [9.17, 15) is 4.79 Å². The Morgan fingerprint density at radius 2 is 1.74 bits per heavy atom. The van der Waals surface area contributed by atoms with Gasteiger partial charge in [-0.25, -0.2) is 4.98 Å². The second kappa shape index (κ2) is 9.38. The summed E-state index contributed by atoms with van der Waals surface area (Å²) in [6, 6.07) is 21.5. The SMILES string of the molecule is Cc1ccc(NC(=O)c2ccncc2)cc1N(c1cccc(-c2cccnc2)c1)c1ncco1. The van der Waals surface area contributed by atoms with Gasteiger partial charge in [0.05, 0.1) is 17.6 Å². The first-order valence-electron chi connectivity index (χ1n) is 10.7. The summed E-state index contributed by atoms with van der Waals surface area (Å²) in [5, 5.41) is 2.96. The predicted octanol–water partition coefficient (Wildman–Crippen LogP) is 6.16. The molecule has 0 aliphatic heterocycles. The number of aromatic nitrogens is 3. The smallest absolute Gasteiger partial charge is 0.306 e. The summed E-state index contributed by atoms with van der Waals surface area (Å²) in [5.41, 5.74) is 5.90. The predicted molar refractivity (Wildman–Crippen MR) is 131 cm³/mol. The molecule has 1 N–H and O–H groups in total. The molecular weight excluding hydrogens is 426 g/mol. The maximum Gasteiger partial charge on any atom is 0.306 e. The summed E-state index contributed by atoms with van der Waals surface area (Å²) in [4.78, 5) is 27.2. The van der Waals surface area contributed by atoms with E-state index in [1.165, 1.54) is 6.26 Å². The summed E-state index contributed by atoms with van der Waals surface area (Å²) in [6.45, 7) is 2.00. The van der Waals surface area contributed by atoms with Gasteiger partial charge in [-0.2, -0.15) is 0 Å². The number of aryl methyl sites for hydroxylation is 1. The van der Waals surface area contributed by atoms with E-state index in [0.717, 1.165) is 28.1 Å². The monoisotopic (exact) mass is 447 g/mol. The number of oxazole rings is 1. The molecule has 0 spiro atoms. The zero-order chi connectivity index (χ0) is 23.3. The number of hydrogen-bond donors (Lipinski definition) is 1. The van der Waals surface area contributed by atoms with Gasteiger partial charge >= 0.3 is 6.01 Å². The molecule has 0 fully saturated rings. The van der Waals surface area contributed by atoms with Gasteiger partial charge in [0.2, 0.25) is 0 Å². The molecule has 0 aliphatic carbocycles. The van der Waals surface area contributed by atoms with Crippen molar-refractivity contribution in [2.24, 2.45) is 0 Å². The number of hydrogen-bond acceptors (Lipinski definition) is 6. The van der Waals surface area contributed by atoms with Gasteiger partial charge in [-0.05, 0) is 60.5 Å². The number of nitrogens with zero attached hydrogens (tertiary/aromatic N) is 4. The molecular formula is C27H21N5O2. The first-order chi connectivity index (χ1) is 16.7. The number of carbonyl (C=O) groups is 1. The third-order valence-corrected chi connectivity index (χ3v) is 5.36. The Kier molecular flexibility index (Phi) is 5.82. The van der Waals surface area contributed by atoms with Crippen LogP contribution >= 0.6 is 0 Å². The second-order valence-electron chi connectivity index (χ2n) is 7.63. The molecule has 7 nitrogen and oxygen atoms in total. The van der Waals surface area contributed by atoms with Gasteiger partial charge in [-0.15, -0.1) is 0 Å². The van der Waals surface area contributed by atoms with E-state index >= 15 is 0 Å². The van der Waals surface area contributed by atoms with Crippen LogP contribution in [0.5, 0.6) is 0 Å². The van der Waals surface area contributed by atoms with Crippen LogP contribution in [-0.2, 0) is 0 Å². The Morgan fingerprint density at radius 3 is 2.50 bits per heavy atom. The van der Waals surface area contributed by atoms with Crippen LogP contribution in [0, 0.1) is 6.92 Å². The van der Waals surface area contributed by atoms with Crippen molar-refractivity contribution in [1.82, 2.24) is 15.0 Å². The Labute approximate surface area is 196 Å². The van der Waals surface area contributed by atoms with Crippen molar-refractivity contribution < 1.29 is 9.21 Å². The van der Waals surface area contributed by atoms with Crippen molar-refractivity contribution in [1.29, 1.82) is 0 Å². The van der Waals surface area contributed by atoms with Gasteiger partial charge in [0.15, 0.2) is 0 Å². The summed E-state index contributed by atoms with van der Waals surface area (Å²) < 4.78 is 5.70. The van der Waals surface area contributed by atoms with Crippen LogP contribution < -0.4 is 10.2 Å². The molecule has 3 heterocycles. The van der Waals surface area contributed by atoms with Gasteiger partial charge in [-0.3, -0.25) is 19.7 Å². The lowest BCUT2D eigenvalue weighted by molar-refractivity contribution is 0.102. The standard InChI is InChI=1S/C27H21N5O2/c1-19-7-8-23(31-26(33)20-9-12-28-13-10-20)17-25(19)32(27-30-14-15-34-27)24-6-2-4-21(16-24)22-5-3-11-29-18-22/h2-18H,1H3,(H,31,33). The van der Waals surface area contributed by atoms with Crippen LogP contribution in [0.3, 0.4) is 0 Å². The van der Waals surface area contributed by atoms with E-state index in [0.29, 0.717) is 17.3 Å². The fourth-order valence-corrected chi connectivity index (χ4v) is 3.67. The highest BCUT2D eigenvalue weighted by molar-refractivity contribution is 6.04. The number of amides is 1. The molecule has 5 rings (SSSR count). The van der Waals surface area contributed by atoms with Gasteiger partial charge in [0.25, 0.3) is 5.91 Å². The Bertz CT molecular complexity index is 1400. The van der Waals surface area contributed by atoms with Crippen molar-refractivity contribution in [2.45, 2.75) is 6.92 Å². The number of benzene rings is 2. The molecule has 0 saturated heterocycles. The van der Waals surface area contributed by atoms with Crippen LogP contribution in [0.1, 0.15) is 15.9 Å². The third-order valence-electron chi connectivity index (χ3n) is 5.36. The molecule has 0 radical (unpaired) electrons. The molecule has 2 aromatic carbocycles. The average molecular weight is 447 g/mol. The lowest BCUT2D eigenvalue weighted by atomic mass is 10.1. The van der Waals surface area contributed by atoms with E-state index in [-0.39, 0.29) is 5.91 Å². The largest absolute Gasteiger partial charge is 0.432 e. The van der Waals surface area contributed by atoms with Gasteiger partial charge < -0.3 is 9.73 Å².